The second-order valence-electron chi connectivity index (χ2n) is 9.72. The molecule has 0 saturated carbocycles. The zero-order valence-corrected chi connectivity index (χ0v) is 18.1. The van der Waals surface area contributed by atoms with Gasteiger partial charge in [-0.2, -0.15) is 0 Å². The van der Waals surface area contributed by atoms with E-state index in [1.165, 1.54) is 12.1 Å². The van der Waals surface area contributed by atoms with Gasteiger partial charge < -0.3 is 25.6 Å². The highest BCUT2D eigenvalue weighted by atomic mass is 19.1. The zero-order chi connectivity index (χ0) is 21.8. The summed E-state index contributed by atoms with van der Waals surface area (Å²) >= 11 is 0. The molecule has 0 aromatic heterocycles. The van der Waals surface area contributed by atoms with Crippen molar-refractivity contribution in [1.82, 2.24) is 5.32 Å². The largest absolute Gasteiger partial charge is 0.390 e. The Hall–Kier alpha value is -1.12. The minimum atomic E-state index is -0.931. The number of morpholine rings is 1. The molecular formula is C22H36F2N2O3. The van der Waals surface area contributed by atoms with E-state index in [9.17, 15) is 13.9 Å². The average Bonchev–Trinajstić information content (AvgIpc) is 2.57. The first kappa shape index (κ1) is 24.2. The van der Waals surface area contributed by atoms with Crippen LogP contribution in [0.4, 0.5) is 8.78 Å². The zero-order valence-electron chi connectivity index (χ0n) is 18.1. The van der Waals surface area contributed by atoms with Crippen LogP contribution in [0.1, 0.15) is 46.6 Å². The number of nitrogens with two attached hydrogens (primary N) is 1. The van der Waals surface area contributed by atoms with E-state index in [4.69, 9.17) is 15.2 Å². The molecule has 1 aromatic carbocycles. The van der Waals surface area contributed by atoms with E-state index >= 15 is 0 Å². The molecule has 0 unspecified atom stereocenters. The van der Waals surface area contributed by atoms with Crippen molar-refractivity contribution >= 4 is 0 Å². The maximum absolute atomic E-state index is 13.4. The predicted molar refractivity (Wildman–Crippen MR) is 109 cm³/mol. The van der Waals surface area contributed by atoms with Crippen molar-refractivity contribution in [2.45, 2.75) is 78.0 Å². The molecular weight excluding hydrogens is 378 g/mol. The normalized spacial score (nSPS) is 25.2. The molecule has 0 spiro atoms. The highest BCUT2D eigenvalue weighted by Crippen LogP contribution is 2.23. The van der Waals surface area contributed by atoms with Crippen LogP contribution in [-0.2, 0) is 15.9 Å². The maximum atomic E-state index is 13.4. The number of ether oxygens (including phenoxy) is 2. The lowest BCUT2D eigenvalue weighted by Gasteiger charge is -2.41. The molecule has 0 aliphatic carbocycles. The third-order valence-corrected chi connectivity index (χ3v) is 4.85. The highest BCUT2D eigenvalue weighted by molar-refractivity contribution is 5.19. The van der Waals surface area contributed by atoms with E-state index in [-0.39, 0.29) is 30.5 Å². The molecule has 1 heterocycles. The number of benzene rings is 1. The summed E-state index contributed by atoms with van der Waals surface area (Å²) in [6, 6.07) is 2.13. The molecule has 1 fully saturated rings. The van der Waals surface area contributed by atoms with Crippen molar-refractivity contribution in [2.75, 3.05) is 13.2 Å². The number of aliphatic hydroxyl groups is 1. The first-order valence-corrected chi connectivity index (χ1v) is 10.3. The molecule has 1 aromatic rings. The molecule has 5 atom stereocenters. The van der Waals surface area contributed by atoms with Gasteiger partial charge in [-0.05, 0) is 41.9 Å². The van der Waals surface area contributed by atoms with E-state index in [1.807, 2.05) is 0 Å². The topological polar surface area (TPSA) is 76.7 Å². The molecule has 2 rings (SSSR count). The summed E-state index contributed by atoms with van der Waals surface area (Å²) in [5.41, 5.74) is 6.59. The van der Waals surface area contributed by atoms with Gasteiger partial charge in [-0.3, -0.25) is 0 Å². The second-order valence-corrected chi connectivity index (χ2v) is 9.72. The van der Waals surface area contributed by atoms with Gasteiger partial charge >= 0.3 is 0 Å². The van der Waals surface area contributed by atoms with Crippen LogP contribution < -0.4 is 11.1 Å². The molecule has 1 aliphatic rings. The predicted octanol–water partition coefficient (Wildman–Crippen LogP) is 2.99. The Morgan fingerprint density at radius 3 is 2.41 bits per heavy atom. The van der Waals surface area contributed by atoms with Crippen molar-refractivity contribution in [3.63, 3.8) is 0 Å². The lowest BCUT2D eigenvalue weighted by atomic mass is 9.94. The lowest BCUT2D eigenvalue weighted by Crippen LogP contribution is -2.62. The molecule has 5 nitrogen and oxygen atoms in total. The third kappa shape index (κ3) is 7.90. The van der Waals surface area contributed by atoms with E-state index in [2.05, 4.69) is 39.9 Å². The van der Waals surface area contributed by atoms with Crippen LogP contribution in [0.3, 0.4) is 0 Å². The number of nitrogens with one attached hydrogen (secondary N) is 1. The van der Waals surface area contributed by atoms with Gasteiger partial charge in [-0.25, -0.2) is 8.78 Å². The van der Waals surface area contributed by atoms with Crippen molar-refractivity contribution in [3.05, 3.63) is 35.4 Å². The fourth-order valence-electron chi connectivity index (χ4n) is 3.52. The molecule has 166 valence electrons. The second kappa shape index (κ2) is 10.3. The maximum Gasteiger partial charge on any atom is 0.172 e. The Kier molecular flexibility index (Phi) is 8.55. The molecule has 4 N–H and O–H groups in total. The lowest BCUT2D eigenvalue weighted by molar-refractivity contribution is -0.206. The standard InChI is InChI=1S/C22H36F2N2O3/c1-13(2)6-18-21(29-12-22(3,4)5)28-11-19(26-18)20(27)17(25)9-14-7-15(23)10-16(24)8-14/h7-8,10,13,17-21,26-27H,6,9,11-12,25H2,1-5H3/t17-,18-,19+,20-,21-/m0/s1. The molecule has 1 saturated heterocycles. The van der Waals surface area contributed by atoms with Crippen molar-refractivity contribution < 1.29 is 23.4 Å². The van der Waals surface area contributed by atoms with Crippen LogP contribution >= 0.6 is 0 Å². The number of halogens is 2. The van der Waals surface area contributed by atoms with Gasteiger partial charge in [0.2, 0.25) is 0 Å². The van der Waals surface area contributed by atoms with Crippen molar-refractivity contribution in [3.8, 4) is 0 Å². The van der Waals surface area contributed by atoms with E-state index < -0.39 is 30.1 Å². The molecule has 0 radical (unpaired) electrons. The average molecular weight is 415 g/mol. The monoisotopic (exact) mass is 414 g/mol. The fourth-order valence-corrected chi connectivity index (χ4v) is 3.52. The molecule has 29 heavy (non-hydrogen) atoms. The number of rotatable bonds is 8. The van der Waals surface area contributed by atoms with Gasteiger partial charge in [-0.1, -0.05) is 34.6 Å². The van der Waals surface area contributed by atoms with Crippen LogP contribution in [0.25, 0.3) is 0 Å². The fraction of sp³-hybridized carbons (Fsp3) is 0.727. The third-order valence-electron chi connectivity index (χ3n) is 4.85. The Bertz CT molecular complexity index is 631. The first-order chi connectivity index (χ1) is 13.4. The summed E-state index contributed by atoms with van der Waals surface area (Å²) in [6.45, 7) is 11.3. The minimum Gasteiger partial charge on any atom is -0.390 e. The summed E-state index contributed by atoms with van der Waals surface area (Å²) in [5.74, 6) is -0.898. The van der Waals surface area contributed by atoms with Crippen LogP contribution in [0.15, 0.2) is 18.2 Å². The van der Waals surface area contributed by atoms with Crippen LogP contribution in [-0.4, -0.2) is 48.8 Å². The molecule has 0 amide bonds. The van der Waals surface area contributed by atoms with Gasteiger partial charge in [0, 0.05) is 12.1 Å². The Morgan fingerprint density at radius 1 is 1.24 bits per heavy atom. The van der Waals surface area contributed by atoms with Crippen LogP contribution in [0.5, 0.6) is 0 Å². The Morgan fingerprint density at radius 2 is 1.86 bits per heavy atom. The summed E-state index contributed by atoms with van der Waals surface area (Å²) < 4.78 is 38.8. The Labute approximate surface area is 173 Å². The van der Waals surface area contributed by atoms with E-state index in [1.54, 1.807) is 0 Å². The highest BCUT2D eigenvalue weighted by Gasteiger charge is 2.37. The summed E-state index contributed by atoms with van der Waals surface area (Å²) in [4.78, 5) is 0. The van der Waals surface area contributed by atoms with Gasteiger partial charge in [-0.15, -0.1) is 0 Å². The SMILES string of the molecule is CC(C)C[C@@H]1N[C@@H]([C@@H](O)[C@@H](N)Cc2cc(F)cc(F)c2)CO[C@H]1OCC(C)(C)C. The number of aliphatic hydroxyl groups excluding tert-OH is 1. The van der Waals surface area contributed by atoms with Crippen LogP contribution in [0.2, 0.25) is 0 Å². The van der Waals surface area contributed by atoms with Gasteiger partial charge in [0.25, 0.3) is 0 Å². The van der Waals surface area contributed by atoms with Crippen molar-refractivity contribution in [2.24, 2.45) is 17.1 Å². The Balaban J connectivity index is 2.00. The van der Waals surface area contributed by atoms with E-state index in [0.29, 0.717) is 18.1 Å². The van der Waals surface area contributed by atoms with Crippen molar-refractivity contribution in [1.29, 1.82) is 0 Å². The number of hydrogen-bond acceptors (Lipinski definition) is 5. The minimum absolute atomic E-state index is 0.0185. The molecule has 0 bridgehead atoms. The smallest absolute Gasteiger partial charge is 0.172 e. The van der Waals surface area contributed by atoms with E-state index in [0.717, 1.165) is 12.5 Å². The summed E-state index contributed by atoms with van der Waals surface area (Å²) in [6.07, 6.45) is -0.344. The first-order valence-electron chi connectivity index (χ1n) is 10.3. The quantitative estimate of drug-likeness (QED) is 0.610. The molecule has 1 aliphatic heterocycles. The summed E-state index contributed by atoms with van der Waals surface area (Å²) in [7, 11) is 0. The van der Waals surface area contributed by atoms with Gasteiger partial charge in [0.1, 0.15) is 11.6 Å². The van der Waals surface area contributed by atoms with Crippen LogP contribution in [0, 0.1) is 23.0 Å². The number of hydrogen-bond donors (Lipinski definition) is 3. The van der Waals surface area contributed by atoms with Gasteiger partial charge in [0.15, 0.2) is 6.29 Å². The molecule has 7 heteroatoms. The van der Waals surface area contributed by atoms with Gasteiger partial charge in [0.05, 0.1) is 31.4 Å². The summed E-state index contributed by atoms with van der Waals surface area (Å²) in [5, 5.41) is 14.2.